The van der Waals surface area contributed by atoms with Gasteiger partial charge in [-0.3, -0.25) is 4.79 Å². The van der Waals surface area contributed by atoms with E-state index < -0.39 is 5.91 Å². The van der Waals surface area contributed by atoms with Crippen LogP contribution in [0.4, 0.5) is 5.69 Å². The number of carbonyl (C=O) groups excluding carboxylic acids is 1. The van der Waals surface area contributed by atoms with Crippen molar-refractivity contribution in [3.8, 4) is 11.8 Å². The molecule has 0 saturated heterocycles. The Morgan fingerprint density at radius 2 is 1.93 bits per heavy atom. The zero-order chi connectivity index (χ0) is 21.0. The number of halogens is 1. The van der Waals surface area contributed by atoms with Gasteiger partial charge in [0.1, 0.15) is 17.4 Å². The number of hydrogen-bond donors (Lipinski definition) is 1. The second-order valence-corrected chi connectivity index (χ2v) is 7.38. The molecule has 0 saturated carbocycles. The van der Waals surface area contributed by atoms with E-state index in [1.165, 1.54) is 0 Å². The van der Waals surface area contributed by atoms with Crippen molar-refractivity contribution in [3.05, 3.63) is 76.3 Å². The van der Waals surface area contributed by atoms with Crippen LogP contribution >= 0.6 is 11.6 Å². The quantitative estimate of drug-likeness (QED) is 0.410. The second-order valence-electron chi connectivity index (χ2n) is 6.95. The van der Waals surface area contributed by atoms with Crippen molar-refractivity contribution in [2.45, 2.75) is 26.9 Å². The Hall–Kier alpha value is -3.29. The fraction of sp³-hybridized carbons (Fsp3) is 0.167. The van der Waals surface area contributed by atoms with Gasteiger partial charge in [0.2, 0.25) is 0 Å². The number of hydrogen-bond acceptors (Lipinski definition) is 3. The minimum atomic E-state index is -0.499. The molecule has 3 aromatic carbocycles. The summed E-state index contributed by atoms with van der Waals surface area (Å²) in [5.74, 6) is 0.125. The Kier molecular flexibility index (Phi) is 6.21. The molecule has 5 heteroatoms. The van der Waals surface area contributed by atoms with E-state index in [0.29, 0.717) is 22.0 Å². The molecule has 0 bridgehead atoms. The highest BCUT2D eigenvalue weighted by Gasteiger charge is 2.15. The number of nitrogens with one attached hydrogen (secondary N) is 1. The molecule has 4 nitrogen and oxygen atoms in total. The molecule has 0 unspecified atom stereocenters. The highest BCUT2D eigenvalue weighted by molar-refractivity contribution is 6.31. The highest BCUT2D eigenvalue weighted by Crippen LogP contribution is 2.31. The molecule has 0 aliphatic carbocycles. The van der Waals surface area contributed by atoms with Crippen molar-refractivity contribution >= 4 is 40.0 Å². The third-order valence-corrected chi connectivity index (χ3v) is 4.63. The Labute approximate surface area is 175 Å². The molecule has 0 aliphatic heterocycles. The van der Waals surface area contributed by atoms with E-state index in [0.717, 1.165) is 16.3 Å². The molecule has 0 aliphatic rings. The van der Waals surface area contributed by atoms with E-state index >= 15 is 0 Å². The highest BCUT2D eigenvalue weighted by atomic mass is 35.5. The molecular weight excluding hydrogens is 384 g/mol. The minimum absolute atomic E-state index is 0.0191. The summed E-state index contributed by atoms with van der Waals surface area (Å²) < 4.78 is 5.93. The SMILES string of the molecule is Cc1ccc(Cl)cc1NC(=O)/C(C#N)=C/c1c(OC(C)C)ccc2ccccc12. The number of fused-ring (bicyclic) bond motifs is 1. The van der Waals surface area contributed by atoms with Crippen molar-refractivity contribution < 1.29 is 9.53 Å². The van der Waals surface area contributed by atoms with Crippen molar-refractivity contribution in [2.75, 3.05) is 5.32 Å². The van der Waals surface area contributed by atoms with Gasteiger partial charge in [0.05, 0.1) is 6.10 Å². The van der Waals surface area contributed by atoms with Gasteiger partial charge in [-0.05, 0) is 61.4 Å². The minimum Gasteiger partial charge on any atom is -0.490 e. The van der Waals surface area contributed by atoms with Crippen LogP contribution in [0, 0.1) is 18.3 Å². The van der Waals surface area contributed by atoms with Gasteiger partial charge in [0.15, 0.2) is 0 Å². The molecule has 0 aromatic heterocycles. The zero-order valence-electron chi connectivity index (χ0n) is 16.5. The average Bonchev–Trinajstić information content (AvgIpc) is 2.69. The van der Waals surface area contributed by atoms with E-state index in [-0.39, 0.29) is 11.7 Å². The van der Waals surface area contributed by atoms with Gasteiger partial charge in [-0.2, -0.15) is 5.26 Å². The maximum atomic E-state index is 12.8. The predicted molar refractivity (Wildman–Crippen MR) is 118 cm³/mol. The third kappa shape index (κ3) is 4.77. The molecule has 3 rings (SSSR count). The Balaban J connectivity index is 2.06. The Morgan fingerprint density at radius 1 is 1.17 bits per heavy atom. The lowest BCUT2D eigenvalue weighted by molar-refractivity contribution is -0.112. The van der Waals surface area contributed by atoms with Gasteiger partial charge in [-0.15, -0.1) is 0 Å². The number of benzene rings is 3. The van der Waals surface area contributed by atoms with Gasteiger partial charge in [-0.1, -0.05) is 48.0 Å². The monoisotopic (exact) mass is 404 g/mol. The Bertz CT molecular complexity index is 1140. The average molecular weight is 405 g/mol. The third-order valence-electron chi connectivity index (χ3n) is 4.39. The Morgan fingerprint density at radius 3 is 2.66 bits per heavy atom. The first kappa shape index (κ1) is 20.4. The van der Waals surface area contributed by atoms with Crippen molar-refractivity contribution in [3.63, 3.8) is 0 Å². The number of anilines is 1. The molecule has 0 heterocycles. The summed E-state index contributed by atoms with van der Waals surface area (Å²) in [4.78, 5) is 12.8. The summed E-state index contributed by atoms with van der Waals surface area (Å²) in [6, 6.07) is 18.8. The number of ether oxygens (including phenoxy) is 1. The first-order valence-electron chi connectivity index (χ1n) is 9.26. The van der Waals surface area contributed by atoms with E-state index in [9.17, 15) is 10.1 Å². The molecule has 3 aromatic rings. The van der Waals surface area contributed by atoms with Crippen LogP contribution in [-0.4, -0.2) is 12.0 Å². The van der Waals surface area contributed by atoms with Gasteiger partial charge in [0, 0.05) is 16.3 Å². The van der Waals surface area contributed by atoms with Gasteiger partial charge < -0.3 is 10.1 Å². The molecular formula is C24H21ClN2O2. The number of carbonyl (C=O) groups is 1. The predicted octanol–water partition coefficient (Wildman–Crippen LogP) is 6.13. The lowest BCUT2D eigenvalue weighted by atomic mass is 10.0. The van der Waals surface area contributed by atoms with Crippen LogP contribution in [-0.2, 0) is 4.79 Å². The first-order chi connectivity index (χ1) is 13.9. The topological polar surface area (TPSA) is 62.1 Å². The van der Waals surface area contributed by atoms with Crippen LogP contribution in [0.5, 0.6) is 5.75 Å². The maximum Gasteiger partial charge on any atom is 0.266 e. The standard InChI is InChI=1S/C24H21ClN2O2/c1-15(2)29-23-11-9-17-6-4-5-7-20(17)21(23)12-18(14-26)24(28)27-22-13-19(25)10-8-16(22)3/h4-13,15H,1-3H3,(H,27,28)/b18-12+. The number of aryl methyl sites for hydroxylation is 1. The van der Waals surface area contributed by atoms with Crippen molar-refractivity contribution in [1.29, 1.82) is 5.26 Å². The van der Waals surface area contributed by atoms with Crippen LogP contribution in [0.2, 0.25) is 5.02 Å². The van der Waals surface area contributed by atoms with Crippen LogP contribution in [0.1, 0.15) is 25.0 Å². The summed E-state index contributed by atoms with van der Waals surface area (Å²) >= 11 is 6.03. The first-order valence-corrected chi connectivity index (χ1v) is 9.64. The molecule has 1 amide bonds. The molecule has 0 radical (unpaired) electrons. The van der Waals surface area contributed by atoms with Crippen LogP contribution in [0.25, 0.3) is 16.8 Å². The maximum absolute atomic E-state index is 12.8. The lowest BCUT2D eigenvalue weighted by Gasteiger charge is -2.15. The number of amides is 1. The zero-order valence-corrected chi connectivity index (χ0v) is 17.2. The van der Waals surface area contributed by atoms with Crippen LogP contribution < -0.4 is 10.1 Å². The summed E-state index contributed by atoms with van der Waals surface area (Å²) in [5, 5.41) is 14.8. The van der Waals surface area contributed by atoms with Crippen molar-refractivity contribution in [2.24, 2.45) is 0 Å². The number of rotatable bonds is 5. The molecule has 29 heavy (non-hydrogen) atoms. The fourth-order valence-corrected chi connectivity index (χ4v) is 3.16. The summed E-state index contributed by atoms with van der Waals surface area (Å²) in [5.41, 5.74) is 2.11. The summed E-state index contributed by atoms with van der Waals surface area (Å²) in [6.45, 7) is 5.73. The summed E-state index contributed by atoms with van der Waals surface area (Å²) in [6.07, 6.45) is 1.53. The van der Waals surface area contributed by atoms with Crippen LogP contribution in [0.15, 0.2) is 60.2 Å². The normalized spacial score (nSPS) is 11.4. The molecule has 0 spiro atoms. The lowest BCUT2D eigenvalue weighted by Crippen LogP contribution is -2.14. The van der Waals surface area contributed by atoms with Crippen LogP contribution in [0.3, 0.4) is 0 Å². The fourth-order valence-electron chi connectivity index (χ4n) is 2.99. The second kappa shape index (κ2) is 8.81. The van der Waals surface area contributed by atoms with Crippen molar-refractivity contribution in [1.82, 2.24) is 0 Å². The number of nitriles is 1. The van der Waals surface area contributed by atoms with Gasteiger partial charge in [0.25, 0.3) is 5.91 Å². The van der Waals surface area contributed by atoms with Gasteiger partial charge in [-0.25, -0.2) is 0 Å². The number of nitrogens with zero attached hydrogens (tertiary/aromatic N) is 1. The molecule has 146 valence electrons. The van der Waals surface area contributed by atoms with Gasteiger partial charge >= 0.3 is 0 Å². The largest absolute Gasteiger partial charge is 0.490 e. The molecule has 1 N–H and O–H groups in total. The van der Waals surface area contributed by atoms with E-state index in [2.05, 4.69) is 5.32 Å². The molecule has 0 atom stereocenters. The summed E-state index contributed by atoms with van der Waals surface area (Å²) in [7, 11) is 0. The van der Waals surface area contributed by atoms with E-state index in [1.807, 2.05) is 69.3 Å². The molecule has 0 fully saturated rings. The smallest absolute Gasteiger partial charge is 0.266 e. The van der Waals surface area contributed by atoms with E-state index in [4.69, 9.17) is 16.3 Å². The van der Waals surface area contributed by atoms with E-state index in [1.54, 1.807) is 18.2 Å².